The van der Waals surface area contributed by atoms with Gasteiger partial charge in [0.05, 0.1) is 6.04 Å². The molecule has 7 heteroatoms. The number of carbonyl (C=O) groups is 1. The lowest BCUT2D eigenvalue weighted by Crippen LogP contribution is -2.36. The Hall–Kier alpha value is -3.09. The maximum atomic E-state index is 12.4. The van der Waals surface area contributed by atoms with Crippen molar-refractivity contribution >= 4 is 11.7 Å². The van der Waals surface area contributed by atoms with Crippen LogP contribution in [0.25, 0.3) is 5.69 Å². The van der Waals surface area contributed by atoms with Crippen LogP contribution in [0.4, 0.5) is 10.5 Å². The highest BCUT2D eigenvalue weighted by atomic mass is 16.2. The highest BCUT2D eigenvalue weighted by molar-refractivity contribution is 5.89. The number of benzene rings is 1. The standard InChI is InChI=1S/C18H20N6O/c1-13-19-17-16(8-5-11-24(17)22-13)21-18(25)20-14-6-4-7-15(12-14)23-9-2-3-10-23/h2-4,6-7,9-10,12,16H,5,8,11H2,1H3,(H2,20,21,25)/t16-/m0/s1. The molecule has 2 aromatic heterocycles. The summed E-state index contributed by atoms with van der Waals surface area (Å²) in [6.45, 7) is 2.73. The highest BCUT2D eigenvalue weighted by Crippen LogP contribution is 2.23. The van der Waals surface area contributed by atoms with Gasteiger partial charge >= 0.3 is 6.03 Å². The van der Waals surface area contributed by atoms with E-state index >= 15 is 0 Å². The SMILES string of the molecule is Cc1nc2n(n1)CCC[C@@H]2NC(=O)Nc1cccc(-n2cccc2)c1. The molecule has 2 amide bonds. The molecule has 0 saturated heterocycles. The van der Waals surface area contributed by atoms with Gasteiger partial charge in [0.15, 0.2) is 0 Å². The van der Waals surface area contributed by atoms with Gasteiger partial charge in [0.1, 0.15) is 11.6 Å². The molecule has 2 N–H and O–H groups in total. The van der Waals surface area contributed by atoms with Crippen LogP contribution in [-0.4, -0.2) is 25.4 Å². The minimum atomic E-state index is -0.233. The average Bonchev–Trinajstić information content (AvgIpc) is 3.24. The fourth-order valence-electron chi connectivity index (χ4n) is 3.18. The van der Waals surface area contributed by atoms with Crippen LogP contribution in [0.1, 0.15) is 30.5 Å². The predicted octanol–water partition coefficient (Wildman–Crippen LogP) is 3.03. The monoisotopic (exact) mass is 336 g/mol. The molecule has 0 bridgehead atoms. The summed E-state index contributed by atoms with van der Waals surface area (Å²) >= 11 is 0. The summed E-state index contributed by atoms with van der Waals surface area (Å²) in [7, 11) is 0. The van der Waals surface area contributed by atoms with Gasteiger partial charge in [-0.15, -0.1) is 0 Å². The minimum absolute atomic E-state index is 0.109. The number of rotatable bonds is 3. The molecule has 3 aromatic rings. The van der Waals surface area contributed by atoms with Crippen molar-refractivity contribution in [2.75, 3.05) is 5.32 Å². The van der Waals surface area contributed by atoms with E-state index in [1.165, 1.54) is 0 Å². The van der Waals surface area contributed by atoms with Crippen molar-refractivity contribution in [3.63, 3.8) is 0 Å². The Balaban J connectivity index is 1.46. The molecule has 1 aromatic carbocycles. The lowest BCUT2D eigenvalue weighted by atomic mass is 10.1. The molecule has 0 spiro atoms. The van der Waals surface area contributed by atoms with Crippen LogP contribution in [0.2, 0.25) is 0 Å². The maximum Gasteiger partial charge on any atom is 0.319 e. The summed E-state index contributed by atoms with van der Waals surface area (Å²) in [5, 5.41) is 10.3. The number of nitrogens with one attached hydrogen (secondary N) is 2. The Morgan fingerprint density at radius 3 is 2.92 bits per heavy atom. The molecular formula is C18H20N6O. The van der Waals surface area contributed by atoms with Crippen LogP contribution < -0.4 is 10.6 Å². The van der Waals surface area contributed by atoms with E-state index in [-0.39, 0.29) is 12.1 Å². The van der Waals surface area contributed by atoms with Crippen molar-refractivity contribution in [2.24, 2.45) is 0 Å². The van der Waals surface area contributed by atoms with Gasteiger partial charge in [-0.05, 0) is 50.1 Å². The zero-order chi connectivity index (χ0) is 17.2. The summed E-state index contributed by atoms with van der Waals surface area (Å²) < 4.78 is 3.88. The van der Waals surface area contributed by atoms with Gasteiger partial charge in [-0.2, -0.15) is 5.10 Å². The van der Waals surface area contributed by atoms with Gasteiger partial charge in [-0.25, -0.2) is 14.5 Å². The first-order valence-electron chi connectivity index (χ1n) is 8.41. The third kappa shape index (κ3) is 3.26. The molecule has 0 saturated carbocycles. The summed E-state index contributed by atoms with van der Waals surface area (Å²) in [4.78, 5) is 16.9. The van der Waals surface area contributed by atoms with Crippen molar-refractivity contribution in [2.45, 2.75) is 32.4 Å². The molecule has 1 aliphatic rings. The van der Waals surface area contributed by atoms with Crippen LogP contribution in [-0.2, 0) is 6.54 Å². The second-order valence-electron chi connectivity index (χ2n) is 6.17. The lowest BCUT2D eigenvalue weighted by molar-refractivity contribution is 0.244. The van der Waals surface area contributed by atoms with Gasteiger partial charge in [-0.3, -0.25) is 0 Å². The van der Waals surface area contributed by atoms with E-state index in [1.54, 1.807) is 0 Å². The largest absolute Gasteiger partial charge is 0.328 e. The van der Waals surface area contributed by atoms with Crippen molar-refractivity contribution < 1.29 is 4.79 Å². The average molecular weight is 336 g/mol. The zero-order valence-electron chi connectivity index (χ0n) is 14.0. The van der Waals surface area contributed by atoms with Crippen molar-refractivity contribution in [1.82, 2.24) is 24.6 Å². The number of hydrogen-bond acceptors (Lipinski definition) is 3. The number of fused-ring (bicyclic) bond motifs is 1. The van der Waals surface area contributed by atoms with E-state index in [2.05, 4.69) is 20.7 Å². The number of urea groups is 1. The number of anilines is 1. The summed E-state index contributed by atoms with van der Waals surface area (Å²) in [5.74, 6) is 1.57. The predicted molar refractivity (Wildman–Crippen MR) is 94.7 cm³/mol. The molecule has 4 rings (SSSR count). The van der Waals surface area contributed by atoms with E-state index in [4.69, 9.17) is 0 Å². The van der Waals surface area contributed by atoms with Crippen LogP contribution in [0.15, 0.2) is 48.8 Å². The fraction of sp³-hybridized carbons (Fsp3) is 0.278. The Morgan fingerprint density at radius 1 is 1.24 bits per heavy atom. The molecule has 7 nitrogen and oxygen atoms in total. The van der Waals surface area contributed by atoms with Crippen LogP contribution in [0.3, 0.4) is 0 Å². The summed E-state index contributed by atoms with van der Waals surface area (Å²) in [6, 6.07) is 11.3. The second-order valence-corrected chi connectivity index (χ2v) is 6.17. The van der Waals surface area contributed by atoms with E-state index in [0.717, 1.165) is 42.4 Å². The molecule has 128 valence electrons. The van der Waals surface area contributed by atoms with E-state index in [0.29, 0.717) is 0 Å². The Kier molecular flexibility index (Phi) is 3.97. The topological polar surface area (TPSA) is 76.8 Å². The van der Waals surface area contributed by atoms with E-state index in [1.807, 2.05) is 65.0 Å². The van der Waals surface area contributed by atoms with Gasteiger partial charge in [-0.1, -0.05) is 6.07 Å². The number of amides is 2. The van der Waals surface area contributed by atoms with Gasteiger partial charge in [0.25, 0.3) is 0 Å². The molecular weight excluding hydrogens is 316 g/mol. The minimum Gasteiger partial charge on any atom is -0.328 e. The molecule has 1 atom stereocenters. The molecule has 25 heavy (non-hydrogen) atoms. The normalized spacial score (nSPS) is 16.3. The first-order valence-corrected chi connectivity index (χ1v) is 8.41. The third-order valence-corrected chi connectivity index (χ3v) is 4.29. The van der Waals surface area contributed by atoms with Crippen LogP contribution >= 0.6 is 0 Å². The summed E-state index contributed by atoms with van der Waals surface area (Å²) in [6.07, 6.45) is 5.78. The van der Waals surface area contributed by atoms with Gasteiger partial charge < -0.3 is 15.2 Å². The molecule has 1 aliphatic heterocycles. The van der Waals surface area contributed by atoms with Crippen molar-refractivity contribution in [1.29, 1.82) is 0 Å². The Bertz CT molecular complexity index is 883. The van der Waals surface area contributed by atoms with Crippen LogP contribution in [0.5, 0.6) is 0 Å². The molecule has 0 aliphatic carbocycles. The smallest absolute Gasteiger partial charge is 0.319 e. The molecule has 0 fully saturated rings. The molecule has 0 unspecified atom stereocenters. The molecule has 0 radical (unpaired) electrons. The second kappa shape index (κ2) is 6.43. The zero-order valence-corrected chi connectivity index (χ0v) is 14.0. The molecule has 3 heterocycles. The number of aromatic nitrogens is 4. The van der Waals surface area contributed by atoms with Crippen molar-refractivity contribution in [3.05, 3.63) is 60.4 Å². The van der Waals surface area contributed by atoms with Gasteiger partial charge in [0.2, 0.25) is 0 Å². The number of nitrogens with zero attached hydrogens (tertiary/aromatic N) is 4. The fourth-order valence-corrected chi connectivity index (χ4v) is 3.18. The summed E-state index contributed by atoms with van der Waals surface area (Å²) in [5.41, 5.74) is 1.74. The maximum absolute atomic E-state index is 12.4. The first kappa shape index (κ1) is 15.4. The van der Waals surface area contributed by atoms with E-state index < -0.39 is 0 Å². The first-order chi connectivity index (χ1) is 12.2. The number of hydrogen-bond donors (Lipinski definition) is 2. The Labute approximate surface area is 145 Å². The quantitative estimate of drug-likeness (QED) is 0.772. The number of aryl methyl sites for hydroxylation is 2. The third-order valence-electron chi connectivity index (χ3n) is 4.29. The Morgan fingerprint density at radius 2 is 2.08 bits per heavy atom. The van der Waals surface area contributed by atoms with Crippen LogP contribution in [0, 0.1) is 6.92 Å². The highest BCUT2D eigenvalue weighted by Gasteiger charge is 2.25. The van der Waals surface area contributed by atoms with Gasteiger partial charge in [0, 0.05) is 30.3 Å². The van der Waals surface area contributed by atoms with Crippen molar-refractivity contribution in [3.8, 4) is 5.69 Å². The number of carbonyl (C=O) groups excluding carboxylic acids is 1. The van der Waals surface area contributed by atoms with E-state index in [9.17, 15) is 4.79 Å². The lowest BCUT2D eigenvalue weighted by Gasteiger charge is -2.23.